The van der Waals surface area contributed by atoms with Crippen LogP contribution in [0.15, 0.2) is 41.0 Å². The van der Waals surface area contributed by atoms with E-state index in [9.17, 15) is 4.79 Å². The molecule has 1 heterocycles. The SMILES string of the molecule is O=C(Nc1ccccc1Cl)c1ccoc1Cl. The van der Waals surface area contributed by atoms with Gasteiger partial charge < -0.3 is 9.73 Å². The number of carbonyl (C=O) groups excluding carboxylic acids is 1. The molecule has 5 heteroatoms. The molecule has 0 saturated carbocycles. The normalized spacial score (nSPS) is 10.1. The van der Waals surface area contributed by atoms with E-state index in [4.69, 9.17) is 27.6 Å². The molecule has 0 atom stereocenters. The summed E-state index contributed by atoms with van der Waals surface area (Å²) in [7, 11) is 0. The highest BCUT2D eigenvalue weighted by Gasteiger charge is 2.13. The number of carbonyl (C=O) groups is 1. The molecule has 0 aliphatic carbocycles. The second-order valence-corrected chi connectivity index (χ2v) is 3.79. The number of hydrogen-bond donors (Lipinski definition) is 1. The molecule has 1 N–H and O–H groups in total. The molecule has 1 amide bonds. The van der Waals surface area contributed by atoms with Gasteiger partial charge >= 0.3 is 0 Å². The van der Waals surface area contributed by atoms with Gasteiger partial charge in [0.1, 0.15) is 0 Å². The Morgan fingerprint density at radius 2 is 1.94 bits per heavy atom. The fourth-order valence-corrected chi connectivity index (χ4v) is 1.59. The Bertz CT molecular complexity index is 522. The van der Waals surface area contributed by atoms with Crippen molar-refractivity contribution in [1.82, 2.24) is 0 Å². The van der Waals surface area contributed by atoms with Gasteiger partial charge in [-0.25, -0.2) is 0 Å². The van der Waals surface area contributed by atoms with Crippen LogP contribution in [-0.2, 0) is 0 Å². The molecule has 2 rings (SSSR count). The highest BCUT2D eigenvalue weighted by atomic mass is 35.5. The second kappa shape index (κ2) is 4.60. The van der Waals surface area contributed by atoms with Gasteiger partial charge in [0, 0.05) is 0 Å². The Kier molecular flexibility index (Phi) is 3.17. The minimum atomic E-state index is -0.355. The maximum atomic E-state index is 11.7. The molecule has 0 unspecified atom stereocenters. The van der Waals surface area contributed by atoms with E-state index in [1.807, 2.05) is 0 Å². The predicted molar refractivity (Wildman–Crippen MR) is 63.1 cm³/mol. The summed E-state index contributed by atoms with van der Waals surface area (Å²) in [6.07, 6.45) is 1.35. The molecule has 0 bridgehead atoms. The molecule has 2 aromatic rings. The minimum Gasteiger partial charge on any atom is -0.452 e. The van der Waals surface area contributed by atoms with Crippen LogP contribution in [0.5, 0.6) is 0 Å². The highest BCUT2D eigenvalue weighted by Crippen LogP contribution is 2.23. The number of halogens is 2. The fraction of sp³-hybridized carbons (Fsp3) is 0. The molecule has 3 nitrogen and oxygen atoms in total. The standard InChI is InChI=1S/C11H7Cl2NO2/c12-8-3-1-2-4-9(8)14-11(15)7-5-6-16-10(7)13/h1-6H,(H,14,15). The Labute approximate surface area is 102 Å². The van der Waals surface area contributed by atoms with E-state index in [-0.39, 0.29) is 16.7 Å². The molecule has 0 aliphatic heterocycles. The van der Waals surface area contributed by atoms with Crippen molar-refractivity contribution in [1.29, 1.82) is 0 Å². The van der Waals surface area contributed by atoms with Crippen LogP contribution in [0.3, 0.4) is 0 Å². The minimum absolute atomic E-state index is 0.0598. The topological polar surface area (TPSA) is 42.2 Å². The summed E-state index contributed by atoms with van der Waals surface area (Å²) >= 11 is 11.6. The van der Waals surface area contributed by atoms with Crippen molar-refractivity contribution in [2.45, 2.75) is 0 Å². The highest BCUT2D eigenvalue weighted by molar-refractivity contribution is 6.35. The summed E-state index contributed by atoms with van der Waals surface area (Å²) in [4.78, 5) is 11.7. The van der Waals surface area contributed by atoms with Crippen molar-refractivity contribution < 1.29 is 9.21 Å². The third-order valence-electron chi connectivity index (χ3n) is 1.98. The summed E-state index contributed by atoms with van der Waals surface area (Å²) in [5.41, 5.74) is 0.813. The zero-order valence-corrected chi connectivity index (χ0v) is 9.55. The first-order valence-electron chi connectivity index (χ1n) is 4.47. The lowest BCUT2D eigenvalue weighted by atomic mass is 10.3. The van der Waals surface area contributed by atoms with Gasteiger partial charge in [-0.1, -0.05) is 23.7 Å². The summed E-state index contributed by atoms with van der Waals surface area (Å²) in [6.45, 7) is 0. The van der Waals surface area contributed by atoms with Crippen LogP contribution in [0.4, 0.5) is 5.69 Å². The molecule has 1 aromatic heterocycles. The summed E-state index contributed by atoms with van der Waals surface area (Å²) in [6, 6.07) is 8.44. The average Bonchev–Trinajstić information content (AvgIpc) is 2.68. The largest absolute Gasteiger partial charge is 0.452 e. The average molecular weight is 256 g/mol. The van der Waals surface area contributed by atoms with Gasteiger partial charge in [0.05, 0.1) is 22.5 Å². The number of amides is 1. The van der Waals surface area contributed by atoms with E-state index in [1.54, 1.807) is 24.3 Å². The van der Waals surface area contributed by atoms with Crippen molar-refractivity contribution in [2.75, 3.05) is 5.32 Å². The van der Waals surface area contributed by atoms with Crippen molar-refractivity contribution in [3.63, 3.8) is 0 Å². The van der Waals surface area contributed by atoms with Gasteiger partial charge in [-0.05, 0) is 29.8 Å². The van der Waals surface area contributed by atoms with E-state index in [0.717, 1.165) is 0 Å². The van der Waals surface area contributed by atoms with Gasteiger partial charge in [0.2, 0.25) is 5.22 Å². The summed E-state index contributed by atoms with van der Waals surface area (Å²) < 4.78 is 4.83. The first kappa shape index (κ1) is 11.0. The number of furan rings is 1. The Morgan fingerprint density at radius 1 is 1.19 bits per heavy atom. The molecule has 0 fully saturated rings. The number of benzene rings is 1. The molecule has 82 valence electrons. The monoisotopic (exact) mass is 255 g/mol. The van der Waals surface area contributed by atoms with Gasteiger partial charge in [0.25, 0.3) is 5.91 Å². The van der Waals surface area contributed by atoms with Gasteiger partial charge in [0.15, 0.2) is 0 Å². The Balaban J connectivity index is 2.21. The first-order chi connectivity index (χ1) is 7.68. The molecular formula is C11H7Cl2NO2. The lowest BCUT2D eigenvalue weighted by molar-refractivity contribution is 0.102. The number of anilines is 1. The molecular weight excluding hydrogens is 249 g/mol. The maximum Gasteiger partial charge on any atom is 0.260 e. The number of hydrogen-bond acceptors (Lipinski definition) is 2. The van der Waals surface area contributed by atoms with Crippen LogP contribution in [0.1, 0.15) is 10.4 Å². The van der Waals surface area contributed by atoms with E-state index >= 15 is 0 Å². The summed E-state index contributed by atoms with van der Waals surface area (Å²) in [5.74, 6) is -0.355. The number of rotatable bonds is 2. The molecule has 1 aromatic carbocycles. The van der Waals surface area contributed by atoms with Gasteiger partial charge in [-0.15, -0.1) is 0 Å². The smallest absolute Gasteiger partial charge is 0.260 e. The van der Waals surface area contributed by atoms with E-state index in [1.165, 1.54) is 12.3 Å². The van der Waals surface area contributed by atoms with Crippen molar-refractivity contribution in [2.24, 2.45) is 0 Å². The zero-order chi connectivity index (χ0) is 11.5. The molecule has 0 radical (unpaired) electrons. The van der Waals surface area contributed by atoms with Crippen molar-refractivity contribution in [3.8, 4) is 0 Å². The molecule has 16 heavy (non-hydrogen) atoms. The Morgan fingerprint density at radius 3 is 2.56 bits per heavy atom. The van der Waals surface area contributed by atoms with E-state index in [0.29, 0.717) is 10.7 Å². The van der Waals surface area contributed by atoms with Crippen molar-refractivity contribution >= 4 is 34.8 Å². The van der Waals surface area contributed by atoms with Crippen LogP contribution in [0.25, 0.3) is 0 Å². The number of para-hydroxylation sites is 1. The van der Waals surface area contributed by atoms with E-state index in [2.05, 4.69) is 5.32 Å². The fourth-order valence-electron chi connectivity index (χ4n) is 1.21. The molecule has 0 spiro atoms. The lowest BCUT2D eigenvalue weighted by Gasteiger charge is -2.05. The third kappa shape index (κ3) is 2.21. The maximum absolute atomic E-state index is 11.7. The van der Waals surface area contributed by atoms with Crippen LogP contribution in [0.2, 0.25) is 10.2 Å². The molecule has 0 aliphatic rings. The van der Waals surface area contributed by atoms with Crippen molar-refractivity contribution in [3.05, 3.63) is 52.4 Å². The van der Waals surface area contributed by atoms with Gasteiger partial charge in [-0.2, -0.15) is 0 Å². The first-order valence-corrected chi connectivity index (χ1v) is 5.23. The summed E-state index contributed by atoms with van der Waals surface area (Å²) in [5, 5.41) is 3.17. The van der Waals surface area contributed by atoms with Crippen LogP contribution in [-0.4, -0.2) is 5.91 Å². The van der Waals surface area contributed by atoms with Crippen LogP contribution in [0, 0.1) is 0 Å². The Hall–Kier alpha value is -1.45. The van der Waals surface area contributed by atoms with E-state index < -0.39 is 0 Å². The predicted octanol–water partition coefficient (Wildman–Crippen LogP) is 3.84. The third-order valence-corrected chi connectivity index (χ3v) is 2.61. The lowest BCUT2D eigenvalue weighted by Crippen LogP contribution is -2.11. The zero-order valence-electron chi connectivity index (χ0n) is 8.04. The van der Waals surface area contributed by atoms with Crippen LogP contribution < -0.4 is 5.32 Å². The van der Waals surface area contributed by atoms with Crippen LogP contribution >= 0.6 is 23.2 Å². The van der Waals surface area contributed by atoms with Gasteiger partial charge in [-0.3, -0.25) is 4.79 Å². The molecule has 0 saturated heterocycles. The number of nitrogens with one attached hydrogen (secondary N) is 1. The quantitative estimate of drug-likeness (QED) is 0.886. The second-order valence-electron chi connectivity index (χ2n) is 3.04.